The summed E-state index contributed by atoms with van der Waals surface area (Å²) in [5.74, 6) is 0. The maximum Gasteiger partial charge on any atom is 0.0639 e. The van der Waals surface area contributed by atoms with E-state index in [9.17, 15) is 0 Å². The lowest BCUT2D eigenvalue weighted by Gasteiger charge is -2.29. The van der Waals surface area contributed by atoms with Gasteiger partial charge in [0.05, 0.1) is 11.8 Å². The predicted octanol–water partition coefficient (Wildman–Crippen LogP) is 3.72. The lowest BCUT2D eigenvalue weighted by atomic mass is 10.0. The van der Waals surface area contributed by atoms with Crippen LogP contribution in [0.3, 0.4) is 0 Å². The Hall–Kier alpha value is 0.430. The first-order valence-corrected chi connectivity index (χ1v) is 7.41. The smallest absolute Gasteiger partial charge is 0.0567 e. The zero-order valence-electron chi connectivity index (χ0n) is 9.23. The van der Waals surface area contributed by atoms with E-state index in [-0.39, 0.29) is 0 Å². The van der Waals surface area contributed by atoms with Crippen LogP contribution in [0.15, 0.2) is 0 Å². The van der Waals surface area contributed by atoms with Gasteiger partial charge in [-0.3, -0.25) is 0 Å². The molecule has 0 rings (SSSR count). The fraction of sp³-hybridized carbons (Fsp3) is 1.00. The van der Waals surface area contributed by atoms with Crippen LogP contribution in [0.1, 0.15) is 34.6 Å². The van der Waals surface area contributed by atoms with Crippen molar-refractivity contribution in [2.75, 3.05) is 19.5 Å². The first kappa shape index (κ1) is 11.4. The molecule has 0 spiro atoms. The van der Waals surface area contributed by atoms with Gasteiger partial charge in [-0.15, -0.1) is 0 Å². The largest absolute Gasteiger partial charge is 0.0639 e. The molecule has 0 radical (unpaired) electrons. The van der Waals surface area contributed by atoms with E-state index < -0.39 is 7.26 Å². The number of rotatable bonds is 2. The first-order valence-electron chi connectivity index (χ1n) is 4.48. The molecule has 1 heteroatoms. The van der Waals surface area contributed by atoms with Crippen LogP contribution in [0.2, 0.25) is 0 Å². The number of hydrogen-bond donors (Lipinski definition) is 0. The average Bonchev–Trinajstić information content (AvgIpc) is 1.56. The van der Waals surface area contributed by atoms with Crippen molar-refractivity contribution < 1.29 is 0 Å². The lowest BCUT2D eigenvalue weighted by Crippen LogP contribution is -2.18. The molecule has 0 aliphatic rings. The Kier molecular flexibility index (Phi) is 3.57. The highest BCUT2D eigenvalue weighted by Gasteiger charge is 2.34. The van der Waals surface area contributed by atoms with Crippen molar-refractivity contribution in [2.24, 2.45) is 5.41 Å². The summed E-state index contributed by atoms with van der Waals surface area (Å²) in [6.07, 6.45) is 1.41. The van der Waals surface area contributed by atoms with Gasteiger partial charge in [0, 0.05) is 20.6 Å². The van der Waals surface area contributed by atoms with E-state index in [1.54, 1.807) is 0 Å². The van der Waals surface area contributed by atoms with Gasteiger partial charge < -0.3 is 0 Å². The fourth-order valence-corrected chi connectivity index (χ4v) is 4.22. The van der Waals surface area contributed by atoms with Crippen molar-refractivity contribution in [1.82, 2.24) is 0 Å². The molecule has 11 heavy (non-hydrogen) atoms. The van der Waals surface area contributed by atoms with Crippen molar-refractivity contribution in [3.8, 4) is 0 Å². The van der Waals surface area contributed by atoms with Crippen molar-refractivity contribution in [1.29, 1.82) is 0 Å². The SMILES string of the molecule is CC(C)[P+](C)(C)CC(C)(C)C. The third-order valence-corrected chi connectivity index (χ3v) is 6.84. The van der Waals surface area contributed by atoms with Gasteiger partial charge in [0.25, 0.3) is 0 Å². The summed E-state index contributed by atoms with van der Waals surface area (Å²) in [5, 5.41) is 0. The molecule has 0 aliphatic heterocycles. The summed E-state index contributed by atoms with van der Waals surface area (Å²) >= 11 is 0. The van der Waals surface area contributed by atoms with Crippen molar-refractivity contribution >= 4 is 7.26 Å². The second kappa shape index (κ2) is 3.44. The minimum atomic E-state index is -0.636. The highest BCUT2D eigenvalue weighted by molar-refractivity contribution is 7.75. The molecule has 0 aliphatic carbocycles. The monoisotopic (exact) mass is 175 g/mol. The minimum Gasteiger partial charge on any atom is -0.0567 e. The van der Waals surface area contributed by atoms with E-state index >= 15 is 0 Å². The quantitative estimate of drug-likeness (QED) is 0.561. The molecule has 0 aromatic heterocycles. The van der Waals surface area contributed by atoms with Gasteiger partial charge in [0.1, 0.15) is 0 Å². The highest BCUT2D eigenvalue weighted by atomic mass is 31.2. The molecule has 0 atom stereocenters. The van der Waals surface area contributed by atoms with Crippen LogP contribution in [0, 0.1) is 5.41 Å². The van der Waals surface area contributed by atoms with Crippen LogP contribution in [0.4, 0.5) is 0 Å². The normalized spacial score (nSPS) is 14.2. The lowest BCUT2D eigenvalue weighted by molar-refractivity contribution is 0.474. The molecular formula is C10H24P+. The summed E-state index contributed by atoms with van der Waals surface area (Å²) in [5.41, 5.74) is 1.41. The Morgan fingerprint density at radius 1 is 1.09 bits per heavy atom. The number of hydrogen-bond acceptors (Lipinski definition) is 0. The molecule has 0 aromatic carbocycles. The molecule has 0 saturated heterocycles. The summed E-state index contributed by atoms with van der Waals surface area (Å²) in [6.45, 7) is 16.7. The Balaban J connectivity index is 4.13. The van der Waals surface area contributed by atoms with Gasteiger partial charge in [0.2, 0.25) is 0 Å². The molecule has 0 unspecified atom stereocenters. The second-order valence-corrected chi connectivity index (χ2v) is 10.5. The summed E-state index contributed by atoms with van der Waals surface area (Å²) < 4.78 is 0. The molecule has 0 saturated carbocycles. The van der Waals surface area contributed by atoms with Gasteiger partial charge in [-0.05, 0) is 19.3 Å². The average molecular weight is 175 g/mol. The summed E-state index contributed by atoms with van der Waals surface area (Å²) in [6, 6.07) is 0. The molecule has 0 nitrogen and oxygen atoms in total. The van der Waals surface area contributed by atoms with E-state index in [0.29, 0.717) is 5.41 Å². The van der Waals surface area contributed by atoms with Crippen LogP contribution >= 0.6 is 7.26 Å². The maximum atomic E-state index is 2.48. The van der Waals surface area contributed by atoms with Crippen LogP contribution < -0.4 is 0 Å². The van der Waals surface area contributed by atoms with Gasteiger partial charge in [0.15, 0.2) is 0 Å². The highest BCUT2D eigenvalue weighted by Crippen LogP contribution is 2.58. The second-order valence-electron chi connectivity index (χ2n) is 5.59. The third-order valence-electron chi connectivity index (χ3n) is 2.28. The van der Waals surface area contributed by atoms with Gasteiger partial charge in [-0.1, -0.05) is 20.8 Å². The van der Waals surface area contributed by atoms with Crippen molar-refractivity contribution in [3.63, 3.8) is 0 Å². The van der Waals surface area contributed by atoms with E-state index in [1.807, 2.05) is 0 Å². The summed E-state index contributed by atoms with van der Waals surface area (Å²) in [4.78, 5) is 0. The molecule has 0 heterocycles. The molecule has 0 bridgehead atoms. The van der Waals surface area contributed by atoms with Crippen LogP contribution in [0.25, 0.3) is 0 Å². The molecule has 68 valence electrons. The standard InChI is InChI=1S/C10H24P/c1-9(2)11(6,7)8-10(3,4)5/h9H,8H2,1-7H3/q+1. The first-order chi connectivity index (χ1) is 4.65. The zero-order valence-corrected chi connectivity index (χ0v) is 10.1. The van der Waals surface area contributed by atoms with E-state index in [2.05, 4.69) is 47.9 Å². The molecular weight excluding hydrogens is 151 g/mol. The van der Waals surface area contributed by atoms with E-state index in [1.165, 1.54) is 6.16 Å². The van der Waals surface area contributed by atoms with Gasteiger partial charge in [-0.25, -0.2) is 0 Å². The molecule has 0 aromatic rings. The van der Waals surface area contributed by atoms with Crippen LogP contribution in [-0.2, 0) is 0 Å². The predicted molar refractivity (Wildman–Crippen MR) is 58.2 cm³/mol. The summed E-state index contributed by atoms with van der Waals surface area (Å²) in [7, 11) is -0.636. The topological polar surface area (TPSA) is 0 Å². The zero-order chi connectivity index (χ0) is 9.28. The van der Waals surface area contributed by atoms with Crippen molar-refractivity contribution in [3.05, 3.63) is 0 Å². The third kappa shape index (κ3) is 4.80. The Morgan fingerprint density at radius 2 is 1.45 bits per heavy atom. The van der Waals surface area contributed by atoms with E-state index in [0.717, 1.165) is 5.66 Å². The minimum absolute atomic E-state index is 0.515. The Bertz CT molecular complexity index is 117. The molecule has 0 N–H and O–H groups in total. The van der Waals surface area contributed by atoms with Gasteiger partial charge in [-0.2, -0.15) is 0 Å². The van der Waals surface area contributed by atoms with Crippen LogP contribution in [-0.4, -0.2) is 25.2 Å². The maximum absolute atomic E-state index is 2.48. The van der Waals surface area contributed by atoms with Gasteiger partial charge >= 0.3 is 0 Å². The Morgan fingerprint density at radius 3 is 1.55 bits per heavy atom. The van der Waals surface area contributed by atoms with Crippen molar-refractivity contribution in [2.45, 2.75) is 40.3 Å². The molecule has 0 amide bonds. The van der Waals surface area contributed by atoms with Crippen LogP contribution in [0.5, 0.6) is 0 Å². The Labute approximate surface area is 73.1 Å². The molecule has 0 fully saturated rings. The fourth-order valence-electron chi connectivity index (χ4n) is 1.41. The van der Waals surface area contributed by atoms with E-state index in [4.69, 9.17) is 0 Å².